The average molecular weight is 242 g/mol. The highest BCUT2D eigenvalue weighted by Crippen LogP contribution is 2.43. The first-order valence-electron chi connectivity index (χ1n) is 4.97. The molecule has 0 aliphatic carbocycles. The third kappa shape index (κ3) is 1.74. The summed E-state index contributed by atoms with van der Waals surface area (Å²) < 4.78 is 10.5. The number of carbonyl (C=O) groups excluding carboxylic acids is 1. The summed E-state index contributed by atoms with van der Waals surface area (Å²) in [7, 11) is 0. The number of nitrogens with two attached hydrogens (primary N) is 1. The molecule has 1 aliphatic rings. The molecule has 0 aromatic heterocycles. The Bertz CT molecular complexity index is 445. The molecule has 2 rings (SSSR count). The molecule has 0 atom stereocenters. The van der Waals surface area contributed by atoms with Gasteiger partial charge in [-0.1, -0.05) is 11.6 Å². The van der Waals surface area contributed by atoms with Crippen LogP contribution in [0, 0.1) is 6.92 Å². The second-order valence-corrected chi connectivity index (χ2v) is 3.96. The van der Waals surface area contributed by atoms with Gasteiger partial charge in [0.2, 0.25) is 6.79 Å². The van der Waals surface area contributed by atoms with Gasteiger partial charge < -0.3 is 15.2 Å². The zero-order valence-corrected chi connectivity index (χ0v) is 9.63. The topological polar surface area (TPSA) is 61.6 Å². The molecule has 0 radical (unpaired) electrons. The Labute approximate surface area is 98.3 Å². The summed E-state index contributed by atoms with van der Waals surface area (Å²) in [4.78, 5) is 11.8. The van der Waals surface area contributed by atoms with Gasteiger partial charge in [-0.15, -0.1) is 0 Å². The standard InChI is InChI=1S/C11H12ClNO3/c1-6-7(9(14)2-3-13)4-8(12)11-10(6)15-5-16-11/h4H,2-3,5,13H2,1H3. The smallest absolute Gasteiger partial charge is 0.231 e. The van der Waals surface area contributed by atoms with Gasteiger partial charge in [-0.3, -0.25) is 4.79 Å². The van der Waals surface area contributed by atoms with Gasteiger partial charge in [0.1, 0.15) is 0 Å². The molecule has 0 bridgehead atoms. The fourth-order valence-electron chi connectivity index (χ4n) is 1.71. The van der Waals surface area contributed by atoms with Crippen molar-refractivity contribution in [3.8, 4) is 11.5 Å². The number of carbonyl (C=O) groups is 1. The summed E-state index contributed by atoms with van der Waals surface area (Å²) in [5.74, 6) is 1.05. The van der Waals surface area contributed by atoms with E-state index in [2.05, 4.69) is 0 Å². The first-order chi connectivity index (χ1) is 7.65. The van der Waals surface area contributed by atoms with Crippen molar-refractivity contribution in [1.82, 2.24) is 0 Å². The normalized spacial score (nSPS) is 12.9. The van der Waals surface area contributed by atoms with Crippen molar-refractivity contribution in [2.75, 3.05) is 13.3 Å². The summed E-state index contributed by atoms with van der Waals surface area (Å²) in [6.07, 6.45) is 0.302. The molecule has 5 heteroatoms. The number of halogens is 1. The summed E-state index contributed by atoms with van der Waals surface area (Å²) >= 11 is 6.00. The quantitative estimate of drug-likeness (QED) is 0.822. The Morgan fingerprint density at radius 2 is 2.19 bits per heavy atom. The summed E-state index contributed by atoms with van der Waals surface area (Å²) in [5, 5.41) is 0.401. The lowest BCUT2D eigenvalue weighted by atomic mass is 10.0. The van der Waals surface area contributed by atoms with E-state index in [9.17, 15) is 4.79 Å². The van der Waals surface area contributed by atoms with Gasteiger partial charge in [0, 0.05) is 17.5 Å². The van der Waals surface area contributed by atoms with Crippen LogP contribution in [0.1, 0.15) is 22.3 Å². The molecule has 4 nitrogen and oxygen atoms in total. The molecule has 0 spiro atoms. The van der Waals surface area contributed by atoms with E-state index in [1.165, 1.54) is 0 Å². The number of Topliss-reactive ketones (excluding diaryl/α,β-unsaturated/α-hetero) is 1. The number of hydrogen-bond acceptors (Lipinski definition) is 4. The molecule has 16 heavy (non-hydrogen) atoms. The maximum Gasteiger partial charge on any atom is 0.231 e. The second kappa shape index (κ2) is 4.31. The zero-order valence-electron chi connectivity index (χ0n) is 8.88. The van der Waals surface area contributed by atoms with Gasteiger partial charge in [0.05, 0.1) is 5.02 Å². The molecule has 0 saturated heterocycles. The molecule has 0 amide bonds. The lowest BCUT2D eigenvalue weighted by Gasteiger charge is -2.08. The van der Waals surface area contributed by atoms with Crippen LogP contribution in [0.15, 0.2) is 6.07 Å². The molecule has 1 heterocycles. The highest BCUT2D eigenvalue weighted by molar-refractivity contribution is 6.33. The van der Waals surface area contributed by atoms with Crippen LogP contribution < -0.4 is 15.2 Å². The minimum atomic E-state index is -0.0276. The van der Waals surface area contributed by atoms with Crippen LogP contribution in [0.4, 0.5) is 0 Å². The van der Waals surface area contributed by atoms with Crippen molar-refractivity contribution in [2.24, 2.45) is 5.73 Å². The van der Waals surface area contributed by atoms with Gasteiger partial charge in [0.25, 0.3) is 0 Å². The number of ketones is 1. The summed E-state index contributed by atoms with van der Waals surface area (Å²) in [5.41, 5.74) is 6.67. The summed E-state index contributed by atoms with van der Waals surface area (Å²) in [6, 6.07) is 1.61. The van der Waals surface area contributed by atoms with Gasteiger partial charge in [-0.25, -0.2) is 0 Å². The van der Waals surface area contributed by atoms with Crippen LogP contribution in [-0.4, -0.2) is 19.1 Å². The fraction of sp³-hybridized carbons (Fsp3) is 0.364. The summed E-state index contributed by atoms with van der Waals surface area (Å²) in [6.45, 7) is 2.28. The van der Waals surface area contributed by atoms with Gasteiger partial charge >= 0.3 is 0 Å². The number of ether oxygens (including phenoxy) is 2. The van der Waals surface area contributed by atoms with E-state index < -0.39 is 0 Å². The fourth-order valence-corrected chi connectivity index (χ4v) is 1.96. The predicted octanol–water partition coefficient (Wildman–Crippen LogP) is 1.91. The Balaban J connectivity index is 2.48. The van der Waals surface area contributed by atoms with Crippen LogP contribution >= 0.6 is 11.6 Å². The van der Waals surface area contributed by atoms with Crippen LogP contribution in [0.3, 0.4) is 0 Å². The largest absolute Gasteiger partial charge is 0.453 e. The van der Waals surface area contributed by atoms with E-state index in [1.54, 1.807) is 6.07 Å². The minimum absolute atomic E-state index is 0.0276. The van der Waals surface area contributed by atoms with Crippen molar-refractivity contribution in [2.45, 2.75) is 13.3 Å². The lowest BCUT2D eigenvalue weighted by molar-refractivity contribution is 0.0984. The second-order valence-electron chi connectivity index (χ2n) is 3.56. The maximum atomic E-state index is 11.8. The van der Waals surface area contributed by atoms with Gasteiger partial charge in [0.15, 0.2) is 17.3 Å². The highest BCUT2D eigenvalue weighted by atomic mass is 35.5. The molecule has 0 unspecified atom stereocenters. The third-order valence-electron chi connectivity index (χ3n) is 2.52. The van der Waals surface area contributed by atoms with E-state index in [4.69, 9.17) is 26.8 Å². The van der Waals surface area contributed by atoms with Crippen LogP contribution in [0.2, 0.25) is 5.02 Å². The molecule has 1 aromatic rings. The number of rotatable bonds is 3. The molecule has 2 N–H and O–H groups in total. The van der Waals surface area contributed by atoms with Crippen molar-refractivity contribution >= 4 is 17.4 Å². The monoisotopic (exact) mass is 241 g/mol. The maximum absolute atomic E-state index is 11.8. The van der Waals surface area contributed by atoms with Crippen molar-refractivity contribution in [3.05, 3.63) is 22.2 Å². The highest BCUT2D eigenvalue weighted by Gasteiger charge is 2.24. The first kappa shape index (κ1) is 11.2. The Morgan fingerprint density at radius 3 is 2.88 bits per heavy atom. The molecule has 1 aliphatic heterocycles. The predicted molar refractivity (Wildman–Crippen MR) is 60.3 cm³/mol. The van der Waals surface area contributed by atoms with E-state index in [1.807, 2.05) is 6.92 Å². The SMILES string of the molecule is Cc1c(C(=O)CCN)cc(Cl)c2c1OCO2. The number of hydrogen-bond donors (Lipinski definition) is 1. The Hall–Kier alpha value is -1.26. The van der Waals surface area contributed by atoms with E-state index >= 15 is 0 Å². The molecule has 0 fully saturated rings. The zero-order chi connectivity index (χ0) is 11.7. The Morgan fingerprint density at radius 1 is 1.50 bits per heavy atom. The van der Waals surface area contributed by atoms with E-state index in [-0.39, 0.29) is 12.6 Å². The molecular formula is C11H12ClNO3. The molecule has 1 aromatic carbocycles. The average Bonchev–Trinajstić information content (AvgIpc) is 2.73. The van der Waals surface area contributed by atoms with Gasteiger partial charge in [-0.2, -0.15) is 0 Å². The van der Waals surface area contributed by atoms with E-state index in [0.29, 0.717) is 35.1 Å². The van der Waals surface area contributed by atoms with Gasteiger partial charge in [-0.05, 0) is 19.5 Å². The molecule has 86 valence electrons. The van der Waals surface area contributed by atoms with E-state index in [0.717, 1.165) is 5.56 Å². The van der Waals surface area contributed by atoms with Crippen LogP contribution in [0.25, 0.3) is 0 Å². The van der Waals surface area contributed by atoms with Crippen molar-refractivity contribution in [3.63, 3.8) is 0 Å². The minimum Gasteiger partial charge on any atom is -0.453 e. The molecular weight excluding hydrogens is 230 g/mol. The van der Waals surface area contributed by atoms with Crippen LogP contribution in [-0.2, 0) is 0 Å². The van der Waals surface area contributed by atoms with Crippen molar-refractivity contribution in [1.29, 1.82) is 0 Å². The van der Waals surface area contributed by atoms with Crippen molar-refractivity contribution < 1.29 is 14.3 Å². The molecule has 0 saturated carbocycles. The lowest BCUT2D eigenvalue weighted by Crippen LogP contribution is -2.09. The number of fused-ring (bicyclic) bond motifs is 1. The number of benzene rings is 1. The first-order valence-corrected chi connectivity index (χ1v) is 5.35. The third-order valence-corrected chi connectivity index (χ3v) is 2.80. The Kier molecular flexibility index (Phi) is 3.03. The van der Waals surface area contributed by atoms with Crippen LogP contribution in [0.5, 0.6) is 11.5 Å².